The third-order valence-electron chi connectivity index (χ3n) is 10.1. The summed E-state index contributed by atoms with van der Waals surface area (Å²) >= 11 is 0. The molecule has 4 N–H and O–H groups in total. The fourth-order valence-electron chi connectivity index (χ4n) is 6.77. The lowest BCUT2D eigenvalue weighted by Gasteiger charge is -2.26. The van der Waals surface area contributed by atoms with Crippen LogP contribution in [0.4, 0.5) is 10.5 Å². The summed E-state index contributed by atoms with van der Waals surface area (Å²) in [5.74, 6) is 0.637. The number of sulfonamides is 2. The van der Waals surface area contributed by atoms with E-state index in [4.69, 9.17) is 29.4 Å². The number of esters is 1. The second-order valence-corrected chi connectivity index (χ2v) is 19.5. The summed E-state index contributed by atoms with van der Waals surface area (Å²) in [6, 6.07) is 27.5. The van der Waals surface area contributed by atoms with E-state index in [0.29, 0.717) is 28.4 Å². The largest absolute Gasteiger partial charge is 0.497 e. The third-order valence-corrected chi connectivity index (χ3v) is 13.6. The highest BCUT2D eigenvalue weighted by Crippen LogP contribution is 2.42. The van der Waals surface area contributed by atoms with Gasteiger partial charge in [0.05, 0.1) is 46.1 Å². The van der Waals surface area contributed by atoms with Crippen LogP contribution in [0.15, 0.2) is 113 Å². The molecule has 1 aromatic heterocycles. The van der Waals surface area contributed by atoms with E-state index < -0.39 is 47.5 Å². The minimum absolute atomic E-state index is 0.0389. The van der Waals surface area contributed by atoms with Gasteiger partial charge in [-0.05, 0) is 108 Å². The highest BCUT2D eigenvalue weighted by atomic mass is 32.2. The van der Waals surface area contributed by atoms with Crippen LogP contribution in [-0.2, 0) is 49.2 Å². The number of anilines is 1. The molecule has 6 rings (SSSR count). The number of nitrogens with two attached hydrogens (primary N) is 1. The van der Waals surface area contributed by atoms with Gasteiger partial charge >= 0.3 is 12.1 Å². The molecule has 1 amide bonds. The topological polar surface area (TPSA) is 245 Å². The molecule has 0 radical (unpaired) electrons. The molecule has 0 saturated carbocycles. The zero-order valence-corrected chi connectivity index (χ0v) is 39.6. The van der Waals surface area contributed by atoms with Crippen LogP contribution in [0.25, 0.3) is 22.5 Å². The van der Waals surface area contributed by atoms with Gasteiger partial charge in [-0.25, -0.2) is 31.1 Å². The van der Waals surface area contributed by atoms with Crippen molar-refractivity contribution in [2.75, 3.05) is 47.3 Å². The number of nitrogen functional groups attached to an aromatic ring is 1. The van der Waals surface area contributed by atoms with E-state index in [2.05, 4.69) is 25.4 Å². The first kappa shape index (κ1) is 49.4. The van der Waals surface area contributed by atoms with E-state index in [9.17, 15) is 18.0 Å². The quantitative estimate of drug-likeness (QED) is 0.0505. The van der Waals surface area contributed by atoms with E-state index in [0.717, 1.165) is 15.9 Å². The Hall–Kier alpha value is -7.07. The lowest BCUT2D eigenvalue weighted by Crippen LogP contribution is -2.38. The standard InChI is InChI=1S/C46H52N8O11S2/c1-46(2,3)65-45(56)48-24-25-49-66(57,58)40-23-21-37(33-14-22-39(47)38(26-33)44(55)64-7)41(43-50-52-54(51-43)29-32-12-19-36(63-6)20-13-32)42(40)67(59,60)53(27-30-8-15-34(61-4)16-9-30)28-31-10-17-35(62-5)18-11-31/h8-23,26,49H,24-25,27-29,47H2,1-7H3,(H,48,56). The smallest absolute Gasteiger partial charge is 0.407 e. The fraction of sp³-hybridized carbons (Fsp3) is 0.283. The number of rotatable bonds is 19. The minimum Gasteiger partial charge on any atom is -0.497 e. The molecule has 0 fully saturated rings. The van der Waals surface area contributed by atoms with E-state index in [1.54, 1.807) is 107 Å². The first-order valence-corrected chi connectivity index (χ1v) is 23.6. The summed E-state index contributed by atoms with van der Waals surface area (Å²) in [5, 5.41) is 15.7. The number of carbonyl (C=O) groups excluding carboxylic acids is 2. The Kier molecular flexibility index (Phi) is 15.5. The van der Waals surface area contributed by atoms with Gasteiger partial charge in [0, 0.05) is 31.9 Å². The van der Waals surface area contributed by atoms with Crippen LogP contribution in [-0.4, -0.2) is 101 Å². The number of carbonyl (C=O) groups is 2. The van der Waals surface area contributed by atoms with E-state index >= 15 is 8.42 Å². The van der Waals surface area contributed by atoms with Crippen molar-refractivity contribution in [1.29, 1.82) is 0 Å². The summed E-state index contributed by atoms with van der Waals surface area (Å²) in [6.07, 6.45) is -0.784. The number of aromatic nitrogens is 4. The second kappa shape index (κ2) is 21.0. The number of benzene rings is 5. The Balaban J connectivity index is 1.61. The average molecular weight is 957 g/mol. The molecule has 0 aliphatic rings. The fourth-order valence-corrected chi connectivity index (χ4v) is 10.2. The van der Waals surface area contributed by atoms with Gasteiger partial charge in [-0.3, -0.25) is 0 Å². The number of methoxy groups -OCH3 is 4. The van der Waals surface area contributed by atoms with Crippen molar-refractivity contribution in [3.05, 3.63) is 125 Å². The van der Waals surface area contributed by atoms with Crippen LogP contribution in [0.1, 0.15) is 47.8 Å². The number of nitrogens with zero attached hydrogens (tertiary/aromatic N) is 5. The molecule has 0 aliphatic carbocycles. The Morgan fingerprint density at radius 2 is 1.28 bits per heavy atom. The van der Waals surface area contributed by atoms with Crippen LogP contribution in [0, 0.1) is 0 Å². The molecule has 0 unspecified atom stereocenters. The first-order valence-electron chi connectivity index (χ1n) is 20.6. The maximum Gasteiger partial charge on any atom is 0.407 e. The Bertz CT molecular complexity index is 2870. The van der Waals surface area contributed by atoms with Crippen molar-refractivity contribution in [2.24, 2.45) is 0 Å². The molecule has 67 heavy (non-hydrogen) atoms. The van der Waals surface area contributed by atoms with Gasteiger partial charge in [0.15, 0.2) is 0 Å². The summed E-state index contributed by atoms with van der Waals surface area (Å²) in [5.41, 5.74) is 7.33. The lowest BCUT2D eigenvalue weighted by molar-refractivity contribution is 0.0527. The van der Waals surface area contributed by atoms with Crippen LogP contribution in [0.2, 0.25) is 0 Å². The number of hydrogen-bond donors (Lipinski definition) is 3. The molecule has 1 heterocycles. The van der Waals surface area contributed by atoms with Crippen LogP contribution in [0.3, 0.4) is 0 Å². The highest BCUT2D eigenvalue weighted by molar-refractivity contribution is 7.92. The molecule has 21 heteroatoms. The van der Waals surface area contributed by atoms with Crippen molar-refractivity contribution < 1.29 is 50.1 Å². The SMILES string of the molecule is COC(=O)c1cc(-c2ccc(S(=O)(=O)NCCNC(=O)OC(C)(C)C)c(S(=O)(=O)N(Cc3ccc(OC)cc3)Cc3ccc(OC)cc3)c2-c2nnn(Cc3ccc(OC)cc3)n2)ccc1N. The highest BCUT2D eigenvalue weighted by Gasteiger charge is 2.38. The maximum absolute atomic E-state index is 15.9. The van der Waals surface area contributed by atoms with Crippen molar-refractivity contribution >= 4 is 37.8 Å². The van der Waals surface area contributed by atoms with Crippen molar-refractivity contribution in [1.82, 2.24) is 34.6 Å². The molecule has 19 nitrogen and oxygen atoms in total. The van der Waals surface area contributed by atoms with E-state index in [-0.39, 0.29) is 66.5 Å². The predicted octanol–water partition coefficient (Wildman–Crippen LogP) is 5.64. The first-order chi connectivity index (χ1) is 31.8. The summed E-state index contributed by atoms with van der Waals surface area (Å²) in [4.78, 5) is 25.3. The Labute approximate surface area is 389 Å². The van der Waals surface area contributed by atoms with Crippen molar-refractivity contribution in [3.8, 4) is 39.8 Å². The van der Waals surface area contributed by atoms with Gasteiger partial charge in [-0.1, -0.05) is 48.5 Å². The van der Waals surface area contributed by atoms with Gasteiger partial charge < -0.3 is 34.7 Å². The molecule has 0 saturated heterocycles. The molecule has 5 aromatic carbocycles. The van der Waals surface area contributed by atoms with Crippen LogP contribution in [0.5, 0.6) is 17.2 Å². The minimum atomic E-state index is -5.00. The predicted molar refractivity (Wildman–Crippen MR) is 248 cm³/mol. The molecule has 0 spiro atoms. The molecule has 0 bridgehead atoms. The van der Waals surface area contributed by atoms with Crippen molar-refractivity contribution in [3.63, 3.8) is 0 Å². The summed E-state index contributed by atoms with van der Waals surface area (Å²) < 4.78 is 91.1. The lowest BCUT2D eigenvalue weighted by atomic mass is 9.97. The molecular weight excluding hydrogens is 905 g/mol. The van der Waals surface area contributed by atoms with Gasteiger partial charge in [0.2, 0.25) is 25.9 Å². The zero-order valence-electron chi connectivity index (χ0n) is 38.0. The number of alkyl carbamates (subject to hydrolysis) is 1. The second-order valence-electron chi connectivity index (χ2n) is 15.9. The van der Waals surface area contributed by atoms with Gasteiger partial charge in [-0.2, -0.15) is 9.10 Å². The Morgan fingerprint density at radius 1 is 0.731 bits per heavy atom. The maximum atomic E-state index is 15.9. The number of ether oxygens (including phenoxy) is 5. The average Bonchev–Trinajstić information content (AvgIpc) is 3.77. The summed E-state index contributed by atoms with van der Waals surface area (Å²) in [6.45, 7) is 4.03. The Morgan fingerprint density at radius 3 is 1.81 bits per heavy atom. The number of nitrogens with one attached hydrogen (secondary N) is 2. The van der Waals surface area contributed by atoms with E-state index in [1.807, 2.05) is 0 Å². The normalized spacial score (nSPS) is 11.8. The van der Waals surface area contributed by atoms with Crippen molar-refractivity contribution in [2.45, 2.75) is 55.8 Å². The number of amides is 1. The molecule has 6 aromatic rings. The molecular formula is C46H52N8O11S2. The van der Waals surface area contributed by atoms with Crippen LogP contribution >= 0.6 is 0 Å². The van der Waals surface area contributed by atoms with Gasteiger partial charge in [0.25, 0.3) is 0 Å². The zero-order chi connectivity index (χ0) is 48.5. The monoisotopic (exact) mass is 956 g/mol. The number of hydrogen-bond acceptors (Lipinski definition) is 15. The molecule has 0 aliphatic heterocycles. The molecule has 0 atom stereocenters. The molecule has 354 valence electrons. The third kappa shape index (κ3) is 12.2. The van der Waals surface area contributed by atoms with Gasteiger partial charge in [0.1, 0.15) is 32.6 Å². The van der Waals surface area contributed by atoms with Gasteiger partial charge in [-0.15, -0.1) is 10.2 Å². The summed E-state index contributed by atoms with van der Waals surface area (Å²) in [7, 11) is -4.05. The number of tetrazole rings is 1. The van der Waals surface area contributed by atoms with Crippen LogP contribution < -0.4 is 30.0 Å². The van der Waals surface area contributed by atoms with E-state index in [1.165, 1.54) is 44.3 Å².